The highest BCUT2D eigenvalue weighted by Crippen LogP contribution is 2.20. The lowest BCUT2D eigenvalue weighted by atomic mass is 10.1. The summed E-state index contributed by atoms with van der Waals surface area (Å²) in [5.41, 5.74) is 2.84. The lowest BCUT2D eigenvalue weighted by molar-refractivity contribution is -0.154. The number of hydrogen-bond acceptors (Lipinski definition) is 4. The lowest BCUT2D eigenvalue weighted by Crippen LogP contribution is -2.32. The predicted octanol–water partition coefficient (Wildman–Crippen LogP) is 2.13. The van der Waals surface area contributed by atoms with E-state index in [9.17, 15) is 9.59 Å². The Kier molecular flexibility index (Phi) is 4.55. The average molecular weight is 273 g/mol. The molecule has 0 radical (unpaired) electrons. The van der Waals surface area contributed by atoms with Gasteiger partial charge in [0.1, 0.15) is 0 Å². The van der Waals surface area contributed by atoms with Crippen molar-refractivity contribution in [2.45, 2.75) is 13.5 Å². The van der Waals surface area contributed by atoms with Gasteiger partial charge in [0.2, 0.25) is 0 Å². The Morgan fingerprint density at radius 2 is 2.10 bits per heavy atom. The topological polar surface area (TPSA) is 68.5 Å². The van der Waals surface area contributed by atoms with E-state index in [1.807, 2.05) is 30.3 Å². The Balaban J connectivity index is 1.99. The van der Waals surface area contributed by atoms with Gasteiger partial charge in [0.25, 0.3) is 0 Å². The summed E-state index contributed by atoms with van der Waals surface area (Å²) >= 11 is 0. The first-order valence-electron chi connectivity index (χ1n) is 6.27. The van der Waals surface area contributed by atoms with Crippen molar-refractivity contribution >= 4 is 11.9 Å². The summed E-state index contributed by atoms with van der Waals surface area (Å²) in [6, 6.07) is 9.48. The fourth-order valence-corrected chi connectivity index (χ4v) is 1.74. The number of furan rings is 1. The molecule has 0 aliphatic carbocycles. The number of rotatable bonds is 4. The Bertz CT molecular complexity index is 590. The summed E-state index contributed by atoms with van der Waals surface area (Å²) < 4.78 is 9.65. The van der Waals surface area contributed by atoms with Gasteiger partial charge in [0.15, 0.2) is 0 Å². The Hall–Kier alpha value is -2.56. The molecular weight excluding hydrogens is 258 g/mol. The second-order valence-electron chi connectivity index (χ2n) is 4.12. The Labute approximate surface area is 116 Å². The van der Waals surface area contributed by atoms with Crippen LogP contribution in [0.15, 0.2) is 47.3 Å². The van der Waals surface area contributed by atoms with Crippen LogP contribution >= 0.6 is 0 Å². The predicted molar refractivity (Wildman–Crippen MR) is 72.6 cm³/mol. The van der Waals surface area contributed by atoms with E-state index in [0.717, 1.165) is 16.7 Å². The second kappa shape index (κ2) is 6.56. The van der Waals surface area contributed by atoms with Crippen molar-refractivity contribution in [2.75, 3.05) is 6.61 Å². The van der Waals surface area contributed by atoms with Gasteiger partial charge in [-0.1, -0.05) is 18.2 Å². The molecule has 0 aliphatic heterocycles. The van der Waals surface area contributed by atoms with E-state index < -0.39 is 11.9 Å². The third-order valence-electron chi connectivity index (χ3n) is 2.70. The molecule has 1 N–H and O–H groups in total. The summed E-state index contributed by atoms with van der Waals surface area (Å²) in [4.78, 5) is 22.6. The molecule has 5 heteroatoms. The summed E-state index contributed by atoms with van der Waals surface area (Å²) in [7, 11) is 0. The first-order chi connectivity index (χ1) is 9.70. The molecule has 2 rings (SSSR count). The van der Waals surface area contributed by atoms with Crippen LogP contribution in [0.4, 0.5) is 0 Å². The highest BCUT2D eigenvalue weighted by atomic mass is 16.5. The fraction of sp³-hybridized carbons (Fsp3) is 0.200. The van der Waals surface area contributed by atoms with Crippen molar-refractivity contribution in [3.8, 4) is 11.1 Å². The van der Waals surface area contributed by atoms with Gasteiger partial charge in [0, 0.05) is 12.1 Å². The van der Waals surface area contributed by atoms with Gasteiger partial charge >= 0.3 is 11.9 Å². The normalized spacial score (nSPS) is 10.1. The van der Waals surface area contributed by atoms with Crippen LogP contribution in [0, 0.1) is 0 Å². The first-order valence-corrected chi connectivity index (χ1v) is 6.27. The van der Waals surface area contributed by atoms with Crippen molar-refractivity contribution in [1.82, 2.24) is 5.32 Å². The highest BCUT2D eigenvalue weighted by molar-refractivity contribution is 6.32. The second-order valence-corrected chi connectivity index (χ2v) is 4.12. The Morgan fingerprint density at radius 3 is 2.80 bits per heavy atom. The molecule has 1 aromatic heterocycles. The molecule has 0 atom stereocenters. The zero-order valence-corrected chi connectivity index (χ0v) is 11.1. The van der Waals surface area contributed by atoms with Crippen LogP contribution in [0.5, 0.6) is 0 Å². The molecule has 0 unspecified atom stereocenters. The number of ether oxygens (including phenoxy) is 1. The molecule has 0 aliphatic rings. The molecule has 0 bridgehead atoms. The van der Waals surface area contributed by atoms with Gasteiger partial charge in [0.05, 0.1) is 19.1 Å². The third kappa shape index (κ3) is 3.47. The van der Waals surface area contributed by atoms with E-state index >= 15 is 0 Å². The van der Waals surface area contributed by atoms with Crippen LogP contribution in [0.3, 0.4) is 0 Å². The molecule has 0 saturated heterocycles. The molecule has 1 aromatic carbocycles. The van der Waals surface area contributed by atoms with E-state index in [4.69, 9.17) is 4.42 Å². The van der Waals surface area contributed by atoms with Gasteiger partial charge < -0.3 is 14.5 Å². The fourth-order valence-electron chi connectivity index (χ4n) is 1.74. The molecule has 2 aromatic rings. The Morgan fingerprint density at radius 1 is 1.25 bits per heavy atom. The standard InChI is InChI=1S/C15H15NO4/c1-2-20-15(18)14(17)16-9-11-4-3-5-12(8-11)13-6-7-19-10-13/h3-8,10H,2,9H2,1H3,(H,16,17). The van der Waals surface area contributed by atoms with Crippen LogP contribution in [0.1, 0.15) is 12.5 Å². The molecule has 20 heavy (non-hydrogen) atoms. The van der Waals surface area contributed by atoms with Crippen molar-refractivity contribution in [1.29, 1.82) is 0 Å². The minimum atomic E-state index is -0.863. The zero-order valence-electron chi connectivity index (χ0n) is 11.1. The van der Waals surface area contributed by atoms with Crippen LogP contribution < -0.4 is 5.32 Å². The molecule has 0 spiro atoms. The smallest absolute Gasteiger partial charge is 0.396 e. The largest absolute Gasteiger partial charge is 0.472 e. The molecule has 104 valence electrons. The van der Waals surface area contributed by atoms with Crippen LogP contribution in [0.2, 0.25) is 0 Å². The van der Waals surface area contributed by atoms with Gasteiger partial charge in [-0.05, 0) is 30.2 Å². The van der Waals surface area contributed by atoms with Crippen molar-refractivity contribution in [3.05, 3.63) is 48.4 Å². The minimum Gasteiger partial charge on any atom is -0.472 e. The number of carbonyl (C=O) groups is 2. The number of hydrogen-bond donors (Lipinski definition) is 1. The molecule has 1 amide bonds. The summed E-state index contributed by atoms with van der Waals surface area (Å²) in [5, 5.41) is 2.52. The number of carbonyl (C=O) groups excluding carboxylic acids is 2. The van der Waals surface area contributed by atoms with Gasteiger partial charge in [-0.2, -0.15) is 0 Å². The summed E-state index contributed by atoms with van der Waals surface area (Å²) in [6.45, 7) is 2.10. The highest BCUT2D eigenvalue weighted by Gasteiger charge is 2.13. The molecule has 0 fully saturated rings. The summed E-state index contributed by atoms with van der Waals surface area (Å²) in [5.74, 6) is -1.60. The zero-order chi connectivity index (χ0) is 14.4. The number of amides is 1. The number of esters is 1. The SMILES string of the molecule is CCOC(=O)C(=O)NCc1cccc(-c2ccoc2)c1. The lowest BCUT2D eigenvalue weighted by Gasteiger charge is -2.06. The van der Waals surface area contributed by atoms with Gasteiger partial charge in [-0.15, -0.1) is 0 Å². The van der Waals surface area contributed by atoms with Crippen LogP contribution in [0.25, 0.3) is 11.1 Å². The first kappa shape index (κ1) is 13.9. The van der Waals surface area contributed by atoms with Gasteiger partial charge in [-0.25, -0.2) is 4.79 Å². The van der Waals surface area contributed by atoms with E-state index in [2.05, 4.69) is 10.1 Å². The molecule has 0 saturated carbocycles. The quantitative estimate of drug-likeness (QED) is 0.684. The monoisotopic (exact) mass is 273 g/mol. The van der Waals surface area contributed by atoms with E-state index in [0.29, 0.717) is 0 Å². The average Bonchev–Trinajstić information content (AvgIpc) is 2.99. The molecule has 1 heterocycles. The minimum absolute atomic E-state index is 0.183. The van der Waals surface area contributed by atoms with Crippen molar-refractivity contribution in [3.63, 3.8) is 0 Å². The maximum atomic E-state index is 11.4. The molecular formula is C15H15NO4. The van der Waals surface area contributed by atoms with E-state index in [1.165, 1.54) is 0 Å². The maximum absolute atomic E-state index is 11.4. The molecule has 5 nitrogen and oxygen atoms in total. The number of nitrogens with one attached hydrogen (secondary N) is 1. The van der Waals surface area contributed by atoms with Crippen molar-refractivity contribution in [2.24, 2.45) is 0 Å². The van der Waals surface area contributed by atoms with E-state index in [1.54, 1.807) is 19.5 Å². The number of benzene rings is 1. The van der Waals surface area contributed by atoms with Gasteiger partial charge in [-0.3, -0.25) is 4.79 Å². The third-order valence-corrected chi connectivity index (χ3v) is 2.70. The van der Waals surface area contributed by atoms with Crippen LogP contribution in [-0.2, 0) is 20.9 Å². The maximum Gasteiger partial charge on any atom is 0.396 e. The van der Waals surface area contributed by atoms with E-state index in [-0.39, 0.29) is 13.2 Å². The van der Waals surface area contributed by atoms with Crippen molar-refractivity contribution < 1.29 is 18.7 Å². The van der Waals surface area contributed by atoms with Crippen LogP contribution in [-0.4, -0.2) is 18.5 Å². The summed E-state index contributed by atoms with van der Waals surface area (Å²) in [6.07, 6.45) is 3.25.